The summed E-state index contributed by atoms with van der Waals surface area (Å²) in [5, 5.41) is 3.83. The number of ether oxygens (including phenoxy) is 2. The second-order valence-corrected chi connectivity index (χ2v) is 7.51. The van der Waals surface area contributed by atoms with E-state index in [2.05, 4.69) is 17.2 Å². The van der Waals surface area contributed by atoms with Crippen molar-refractivity contribution >= 4 is 23.4 Å². The van der Waals surface area contributed by atoms with Gasteiger partial charge >= 0.3 is 0 Å². The maximum atomic E-state index is 12.6. The van der Waals surface area contributed by atoms with Gasteiger partial charge in [0.15, 0.2) is 16.7 Å². The van der Waals surface area contributed by atoms with Crippen molar-refractivity contribution in [2.75, 3.05) is 19.0 Å². The molecule has 1 heterocycles. The van der Waals surface area contributed by atoms with Crippen LogP contribution in [0.1, 0.15) is 30.1 Å². The number of rotatable bonds is 9. The molecule has 0 saturated heterocycles. The molecule has 6 nitrogen and oxygen atoms in total. The van der Waals surface area contributed by atoms with Gasteiger partial charge in [-0.2, -0.15) is 0 Å². The maximum Gasteiger partial charge on any atom is 0.255 e. The minimum absolute atomic E-state index is 0.201. The minimum Gasteiger partial charge on any atom is -0.493 e. The Morgan fingerprint density at radius 1 is 1.17 bits per heavy atom. The molecule has 152 valence electrons. The van der Waals surface area contributed by atoms with Gasteiger partial charge in [-0.15, -0.1) is 0 Å². The Morgan fingerprint density at radius 2 is 1.97 bits per heavy atom. The number of carbonyl (C=O) groups excluding carboxylic acids is 1. The average molecular weight is 412 g/mol. The van der Waals surface area contributed by atoms with E-state index in [-0.39, 0.29) is 5.91 Å². The molecule has 1 aromatic heterocycles. The van der Waals surface area contributed by atoms with Crippen LogP contribution < -0.4 is 14.8 Å². The third kappa shape index (κ3) is 5.54. The second-order valence-electron chi connectivity index (χ2n) is 6.47. The molecule has 0 bridgehead atoms. The molecule has 1 N–H and O–H groups in total. The van der Waals surface area contributed by atoms with Crippen molar-refractivity contribution in [2.45, 2.75) is 29.8 Å². The first kappa shape index (κ1) is 20.8. The van der Waals surface area contributed by atoms with Gasteiger partial charge < -0.3 is 19.4 Å². The zero-order chi connectivity index (χ0) is 20.6. The molecule has 2 aromatic carbocycles. The summed E-state index contributed by atoms with van der Waals surface area (Å²) < 4.78 is 13.1. The molecule has 0 aliphatic rings. The largest absolute Gasteiger partial charge is 0.493 e. The van der Waals surface area contributed by atoms with Crippen LogP contribution in [0.15, 0.2) is 64.9 Å². The predicted octanol–water partition coefficient (Wildman–Crippen LogP) is 5.01. The summed E-state index contributed by atoms with van der Waals surface area (Å²) in [5.41, 5.74) is 1.23. The number of imidazole rings is 1. The van der Waals surface area contributed by atoms with Crippen LogP contribution in [0.25, 0.3) is 0 Å². The molecule has 3 aromatic rings. The Morgan fingerprint density at radius 3 is 2.62 bits per heavy atom. The molecule has 3 rings (SSSR count). The Bertz CT molecular complexity index is 954. The van der Waals surface area contributed by atoms with E-state index >= 15 is 0 Å². The van der Waals surface area contributed by atoms with Crippen LogP contribution in [0, 0.1) is 0 Å². The van der Waals surface area contributed by atoms with E-state index in [4.69, 9.17) is 9.47 Å². The van der Waals surface area contributed by atoms with Gasteiger partial charge in [0.25, 0.3) is 5.91 Å². The number of aryl methyl sites for hydroxylation is 1. The molecule has 0 saturated carbocycles. The average Bonchev–Trinajstić information content (AvgIpc) is 3.14. The Hall–Kier alpha value is -2.93. The van der Waals surface area contributed by atoms with Gasteiger partial charge in [0.1, 0.15) is 0 Å². The van der Waals surface area contributed by atoms with Crippen molar-refractivity contribution in [3.8, 4) is 11.5 Å². The molecule has 0 radical (unpaired) electrons. The fourth-order valence-electron chi connectivity index (χ4n) is 2.62. The molecule has 1 amide bonds. The lowest BCUT2D eigenvalue weighted by atomic mass is 10.2. The Labute approximate surface area is 175 Å². The van der Waals surface area contributed by atoms with Crippen LogP contribution >= 0.6 is 11.8 Å². The van der Waals surface area contributed by atoms with Crippen LogP contribution in [0.5, 0.6) is 11.5 Å². The van der Waals surface area contributed by atoms with E-state index in [9.17, 15) is 4.79 Å². The molecular formula is C22H25N3O3S. The van der Waals surface area contributed by atoms with Crippen LogP contribution in [0.4, 0.5) is 5.69 Å². The molecule has 29 heavy (non-hydrogen) atoms. The number of methoxy groups -OCH3 is 1. The number of anilines is 1. The summed E-state index contributed by atoms with van der Waals surface area (Å²) in [6.07, 6.45) is 5.71. The number of aromatic nitrogens is 2. The summed E-state index contributed by atoms with van der Waals surface area (Å²) in [6.45, 7) is 2.73. The predicted molar refractivity (Wildman–Crippen MR) is 115 cm³/mol. The smallest absolute Gasteiger partial charge is 0.255 e. The molecule has 0 unspecified atom stereocenters. The first-order valence-electron chi connectivity index (χ1n) is 9.48. The van der Waals surface area contributed by atoms with E-state index in [1.165, 1.54) is 0 Å². The van der Waals surface area contributed by atoms with E-state index in [1.54, 1.807) is 43.3 Å². The molecular weight excluding hydrogens is 386 g/mol. The first-order valence-corrected chi connectivity index (χ1v) is 10.3. The van der Waals surface area contributed by atoms with Crippen LogP contribution in [0.2, 0.25) is 0 Å². The highest BCUT2D eigenvalue weighted by atomic mass is 32.2. The standard InChI is InChI=1S/C22H25N3O3S/c1-4-5-14-28-19-11-6-16(15-20(19)27-3)21(26)24-17-7-9-18(10-8-17)29-22-23-12-13-25(22)2/h6-13,15H,4-5,14H2,1-3H3,(H,24,26). The van der Waals surface area contributed by atoms with E-state index in [1.807, 2.05) is 42.1 Å². The summed E-state index contributed by atoms with van der Waals surface area (Å²) in [7, 11) is 3.53. The highest BCUT2D eigenvalue weighted by Gasteiger charge is 2.12. The van der Waals surface area contributed by atoms with Crippen LogP contribution in [0.3, 0.4) is 0 Å². The zero-order valence-electron chi connectivity index (χ0n) is 16.8. The van der Waals surface area contributed by atoms with Crippen molar-refractivity contribution in [2.24, 2.45) is 7.05 Å². The molecule has 0 fully saturated rings. The SMILES string of the molecule is CCCCOc1ccc(C(=O)Nc2ccc(Sc3nccn3C)cc2)cc1OC. The van der Waals surface area contributed by atoms with Crippen LogP contribution in [-0.4, -0.2) is 29.2 Å². The zero-order valence-corrected chi connectivity index (χ0v) is 17.7. The summed E-state index contributed by atoms with van der Waals surface area (Å²) in [5.74, 6) is 0.997. The van der Waals surface area contributed by atoms with E-state index in [0.29, 0.717) is 23.7 Å². The second kappa shape index (κ2) is 10.0. The Kier molecular flexibility index (Phi) is 7.19. The maximum absolute atomic E-state index is 12.6. The fourth-order valence-corrected chi connectivity index (χ4v) is 3.42. The number of nitrogens with one attached hydrogen (secondary N) is 1. The lowest BCUT2D eigenvalue weighted by molar-refractivity contribution is 0.102. The number of benzene rings is 2. The number of hydrogen-bond donors (Lipinski definition) is 1. The van der Waals surface area contributed by atoms with E-state index in [0.717, 1.165) is 28.6 Å². The van der Waals surface area contributed by atoms with Gasteiger partial charge in [0.05, 0.1) is 13.7 Å². The third-order valence-corrected chi connectivity index (χ3v) is 5.36. The van der Waals surface area contributed by atoms with Gasteiger partial charge in [-0.05, 0) is 48.9 Å². The molecule has 0 aliphatic heterocycles. The van der Waals surface area contributed by atoms with Crippen LogP contribution in [-0.2, 0) is 7.05 Å². The summed E-state index contributed by atoms with van der Waals surface area (Å²) in [4.78, 5) is 18.0. The monoisotopic (exact) mass is 411 g/mol. The van der Waals surface area contributed by atoms with Gasteiger partial charge in [-0.3, -0.25) is 4.79 Å². The van der Waals surface area contributed by atoms with Crippen molar-refractivity contribution in [3.63, 3.8) is 0 Å². The lowest BCUT2D eigenvalue weighted by Gasteiger charge is -2.12. The van der Waals surface area contributed by atoms with Gasteiger partial charge in [-0.1, -0.05) is 25.1 Å². The van der Waals surface area contributed by atoms with Gasteiger partial charge in [0, 0.05) is 35.6 Å². The van der Waals surface area contributed by atoms with Crippen molar-refractivity contribution < 1.29 is 14.3 Å². The molecule has 0 aliphatic carbocycles. The van der Waals surface area contributed by atoms with E-state index < -0.39 is 0 Å². The Balaban J connectivity index is 1.64. The quantitative estimate of drug-likeness (QED) is 0.501. The minimum atomic E-state index is -0.201. The van der Waals surface area contributed by atoms with Crippen molar-refractivity contribution in [3.05, 3.63) is 60.4 Å². The number of amides is 1. The van der Waals surface area contributed by atoms with Gasteiger partial charge in [-0.25, -0.2) is 4.98 Å². The number of unbranched alkanes of at least 4 members (excludes halogenated alkanes) is 1. The molecule has 0 spiro atoms. The van der Waals surface area contributed by atoms with Crippen molar-refractivity contribution in [1.29, 1.82) is 0 Å². The normalized spacial score (nSPS) is 10.6. The highest BCUT2D eigenvalue weighted by molar-refractivity contribution is 7.99. The summed E-state index contributed by atoms with van der Waals surface area (Å²) in [6, 6.07) is 12.9. The van der Waals surface area contributed by atoms with Crippen molar-refractivity contribution in [1.82, 2.24) is 9.55 Å². The lowest BCUT2D eigenvalue weighted by Crippen LogP contribution is -2.12. The summed E-state index contributed by atoms with van der Waals surface area (Å²) >= 11 is 1.57. The fraction of sp³-hybridized carbons (Fsp3) is 0.273. The molecule has 0 atom stereocenters. The number of nitrogens with zero attached hydrogens (tertiary/aromatic N) is 2. The topological polar surface area (TPSA) is 65.4 Å². The number of hydrogen-bond acceptors (Lipinski definition) is 5. The highest BCUT2D eigenvalue weighted by Crippen LogP contribution is 2.29. The molecule has 7 heteroatoms. The van der Waals surface area contributed by atoms with Gasteiger partial charge in [0.2, 0.25) is 0 Å². The number of carbonyl (C=O) groups is 1. The first-order chi connectivity index (χ1) is 14.1. The third-order valence-electron chi connectivity index (χ3n) is 4.28.